The van der Waals surface area contributed by atoms with Crippen molar-refractivity contribution in [2.75, 3.05) is 0 Å². The van der Waals surface area contributed by atoms with Crippen molar-refractivity contribution in [1.82, 2.24) is 4.57 Å². The minimum absolute atomic E-state index is 0.178. The highest BCUT2D eigenvalue weighted by atomic mass is 35.5. The van der Waals surface area contributed by atoms with Crippen molar-refractivity contribution < 1.29 is 5.11 Å². The molecule has 0 amide bonds. The Labute approximate surface area is 105 Å². The fourth-order valence-electron chi connectivity index (χ4n) is 1.91. The normalized spacial score (nSPS) is 12.1. The minimum atomic E-state index is 0.178. The first kappa shape index (κ1) is 12.0. The zero-order valence-electron chi connectivity index (χ0n) is 10.1. The van der Waals surface area contributed by atoms with Crippen LogP contribution in [0.1, 0.15) is 26.8 Å². The lowest BCUT2D eigenvalue weighted by Crippen LogP contribution is -1.96. The van der Waals surface area contributed by atoms with Crippen molar-refractivity contribution in [1.29, 1.82) is 0 Å². The predicted octanol–water partition coefficient (Wildman–Crippen LogP) is 4.30. The number of rotatable bonds is 2. The van der Waals surface area contributed by atoms with Crippen LogP contribution < -0.4 is 0 Å². The number of hydrogen-bond acceptors (Lipinski definition) is 2. The maximum Gasteiger partial charge on any atom is 0.200 e. The van der Waals surface area contributed by atoms with E-state index in [2.05, 4.69) is 4.99 Å². The number of fused-ring (bicyclic) bond motifs is 1. The van der Waals surface area contributed by atoms with Crippen molar-refractivity contribution in [2.45, 2.75) is 26.8 Å². The number of aromatic hydroxyl groups is 1. The average Bonchev–Trinajstić information content (AvgIpc) is 2.62. The van der Waals surface area contributed by atoms with Gasteiger partial charge in [-0.25, -0.2) is 0 Å². The summed E-state index contributed by atoms with van der Waals surface area (Å²) in [5.41, 5.74) is 0.821. The van der Waals surface area contributed by atoms with E-state index in [-0.39, 0.29) is 11.9 Å². The third-order valence-electron chi connectivity index (χ3n) is 2.73. The number of aliphatic imine (C=N–C) groups is 1. The van der Waals surface area contributed by atoms with E-state index in [1.807, 2.05) is 33.0 Å². The molecule has 0 aliphatic rings. The van der Waals surface area contributed by atoms with Gasteiger partial charge in [0.2, 0.25) is 5.88 Å². The molecule has 17 heavy (non-hydrogen) atoms. The van der Waals surface area contributed by atoms with Crippen LogP contribution in [0.15, 0.2) is 23.3 Å². The van der Waals surface area contributed by atoms with E-state index in [1.165, 1.54) is 0 Å². The zero-order valence-corrected chi connectivity index (χ0v) is 10.9. The summed E-state index contributed by atoms with van der Waals surface area (Å²) in [7, 11) is 0. The van der Waals surface area contributed by atoms with Gasteiger partial charge in [0, 0.05) is 23.8 Å². The second kappa shape index (κ2) is 4.41. The second-order valence-corrected chi connectivity index (χ2v) is 4.60. The topological polar surface area (TPSA) is 37.5 Å². The minimum Gasteiger partial charge on any atom is -0.494 e. The Morgan fingerprint density at radius 1 is 1.41 bits per heavy atom. The van der Waals surface area contributed by atoms with Gasteiger partial charge in [0.1, 0.15) is 0 Å². The Bertz CT molecular complexity index is 585. The predicted molar refractivity (Wildman–Crippen MR) is 72.8 cm³/mol. The van der Waals surface area contributed by atoms with E-state index in [9.17, 15) is 5.11 Å². The van der Waals surface area contributed by atoms with Crippen LogP contribution in [-0.4, -0.2) is 15.9 Å². The summed E-state index contributed by atoms with van der Waals surface area (Å²) < 4.78 is 1.80. The lowest BCUT2D eigenvalue weighted by atomic mass is 10.2. The molecule has 0 bridgehead atoms. The summed E-state index contributed by atoms with van der Waals surface area (Å²) in [4.78, 5) is 4.28. The largest absolute Gasteiger partial charge is 0.494 e. The fourth-order valence-corrected chi connectivity index (χ4v) is 2.16. The smallest absolute Gasteiger partial charge is 0.200 e. The van der Waals surface area contributed by atoms with E-state index < -0.39 is 0 Å². The number of nitrogens with zero attached hydrogens (tertiary/aromatic N) is 2. The lowest BCUT2D eigenvalue weighted by molar-refractivity contribution is 0.405. The van der Waals surface area contributed by atoms with Gasteiger partial charge in [0.25, 0.3) is 0 Å². The summed E-state index contributed by atoms with van der Waals surface area (Å²) in [5.74, 6) is 0.202. The molecule has 0 aliphatic heterocycles. The van der Waals surface area contributed by atoms with Gasteiger partial charge < -0.3 is 9.67 Å². The van der Waals surface area contributed by atoms with Crippen molar-refractivity contribution >= 4 is 34.3 Å². The molecule has 0 atom stereocenters. The number of benzene rings is 1. The maximum atomic E-state index is 10.2. The van der Waals surface area contributed by atoms with Gasteiger partial charge >= 0.3 is 0 Å². The van der Waals surface area contributed by atoms with Crippen LogP contribution in [0, 0.1) is 0 Å². The molecule has 0 unspecified atom stereocenters. The van der Waals surface area contributed by atoms with Gasteiger partial charge in [-0.3, -0.25) is 4.99 Å². The highest BCUT2D eigenvalue weighted by molar-refractivity contribution is 6.36. The molecule has 0 spiro atoms. The molecule has 1 aromatic heterocycles. The molecule has 4 heteroatoms. The molecule has 1 heterocycles. The SMILES string of the molecule is CC=Nc1ccc(Cl)c2c(O)n(C(C)C)cc12. The monoisotopic (exact) mass is 250 g/mol. The van der Waals surface area contributed by atoms with Crippen molar-refractivity contribution in [3.05, 3.63) is 23.4 Å². The summed E-state index contributed by atoms with van der Waals surface area (Å²) >= 11 is 6.13. The summed E-state index contributed by atoms with van der Waals surface area (Å²) in [6.45, 7) is 5.88. The van der Waals surface area contributed by atoms with Crippen LogP contribution in [0.4, 0.5) is 5.69 Å². The third kappa shape index (κ3) is 1.91. The molecule has 2 aromatic rings. The van der Waals surface area contributed by atoms with Crippen molar-refractivity contribution in [3.63, 3.8) is 0 Å². The van der Waals surface area contributed by atoms with Crippen LogP contribution in [-0.2, 0) is 0 Å². The zero-order chi connectivity index (χ0) is 12.6. The van der Waals surface area contributed by atoms with E-state index in [1.54, 1.807) is 16.8 Å². The van der Waals surface area contributed by atoms with Crippen molar-refractivity contribution in [2.24, 2.45) is 4.99 Å². The fraction of sp³-hybridized carbons (Fsp3) is 0.308. The lowest BCUT2D eigenvalue weighted by Gasteiger charge is -2.07. The molecule has 0 saturated carbocycles. The molecule has 2 rings (SSSR count). The molecule has 0 radical (unpaired) electrons. The van der Waals surface area contributed by atoms with Crippen LogP contribution in [0.25, 0.3) is 10.8 Å². The summed E-state index contributed by atoms with van der Waals surface area (Å²) in [6.07, 6.45) is 3.62. The number of hydrogen-bond donors (Lipinski definition) is 1. The number of halogens is 1. The second-order valence-electron chi connectivity index (χ2n) is 4.20. The number of aromatic nitrogens is 1. The Morgan fingerprint density at radius 2 is 2.12 bits per heavy atom. The standard InChI is InChI=1S/C13H15ClN2O/c1-4-15-11-6-5-10(14)12-9(11)7-16(8(2)3)13(12)17/h4-8,17H,1-3H3. The molecular weight excluding hydrogens is 236 g/mol. The average molecular weight is 251 g/mol. The quantitative estimate of drug-likeness (QED) is 0.793. The highest BCUT2D eigenvalue weighted by Gasteiger charge is 2.15. The Balaban J connectivity index is 2.83. The van der Waals surface area contributed by atoms with Gasteiger partial charge in [0.15, 0.2) is 0 Å². The van der Waals surface area contributed by atoms with E-state index >= 15 is 0 Å². The first-order chi connectivity index (χ1) is 8.06. The van der Waals surface area contributed by atoms with Crippen LogP contribution in [0.5, 0.6) is 5.88 Å². The molecule has 0 fully saturated rings. The van der Waals surface area contributed by atoms with Gasteiger partial charge in [-0.05, 0) is 32.9 Å². The van der Waals surface area contributed by atoms with Gasteiger partial charge in [-0.15, -0.1) is 0 Å². The Morgan fingerprint density at radius 3 is 2.71 bits per heavy atom. The Hall–Kier alpha value is -1.48. The molecule has 1 aromatic carbocycles. The molecule has 1 N–H and O–H groups in total. The Kier molecular flexibility index (Phi) is 3.11. The molecule has 0 saturated heterocycles. The molecule has 90 valence electrons. The summed E-state index contributed by atoms with van der Waals surface area (Å²) in [5, 5.41) is 12.3. The van der Waals surface area contributed by atoms with Crippen molar-refractivity contribution in [3.8, 4) is 5.88 Å². The van der Waals surface area contributed by atoms with Crippen LogP contribution in [0.3, 0.4) is 0 Å². The van der Waals surface area contributed by atoms with Gasteiger partial charge in [0.05, 0.1) is 16.1 Å². The molecule has 3 nitrogen and oxygen atoms in total. The van der Waals surface area contributed by atoms with E-state index in [4.69, 9.17) is 11.6 Å². The molecular formula is C13H15ClN2O. The van der Waals surface area contributed by atoms with E-state index in [0.29, 0.717) is 10.4 Å². The highest BCUT2D eigenvalue weighted by Crippen LogP contribution is 2.40. The molecule has 0 aliphatic carbocycles. The van der Waals surface area contributed by atoms with Crippen LogP contribution in [0.2, 0.25) is 5.02 Å². The third-order valence-corrected chi connectivity index (χ3v) is 3.05. The first-order valence-electron chi connectivity index (χ1n) is 5.57. The van der Waals surface area contributed by atoms with E-state index in [0.717, 1.165) is 11.1 Å². The maximum absolute atomic E-state index is 10.2. The summed E-state index contributed by atoms with van der Waals surface area (Å²) in [6, 6.07) is 3.79. The van der Waals surface area contributed by atoms with Crippen LogP contribution >= 0.6 is 11.6 Å². The van der Waals surface area contributed by atoms with Gasteiger partial charge in [-0.2, -0.15) is 0 Å². The first-order valence-corrected chi connectivity index (χ1v) is 5.94. The van der Waals surface area contributed by atoms with Gasteiger partial charge in [-0.1, -0.05) is 11.6 Å².